The van der Waals surface area contributed by atoms with Crippen LogP contribution in [0.3, 0.4) is 0 Å². The van der Waals surface area contributed by atoms with Crippen LogP contribution in [0, 0.1) is 0 Å². The van der Waals surface area contributed by atoms with E-state index in [2.05, 4.69) is 93.7 Å². The van der Waals surface area contributed by atoms with E-state index in [-0.39, 0.29) is 31.1 Å². The molecule has 0 spiro atoms. The summed E-state index contributed by atoms with van der Waals surface area (Å²) in [6.45, 7) is 6.50. The van der Waals surface area contributed by atoms with Crippen LogP contribution in [0.25, 0.3) is 0 Å². The van der Waals surface area contributed by atoms with Crippen molar-refractivity contribution in [3.05, 3.63) is 72.9 Å². The average Bonchev–Trinajstić information content (AvgIpc) is 3.31. The maximum absolute atomic E-state index is 12.8. The fourth-order valence-electron chi connectivity index (χ4n) is 7.76. The fraction of sp³-hybridized carbons (Fsp3) is 0.750. The van der Waals surface area contributed by atoms with Gasteiger partial charge in [-0.05, 0) is 89.9 Å². The fourth-order valence-corrected chi connectivity index (χ4v) is 7.76. The van der Waals surface area contributed by atoms with Gasteiger partial charge in [0.25, 0.3) is 0 Å². The van der Waals surface area contributed by atoms with Crippen LogP contribution in [0.15, 0.2) is 72.9 Å². The highest BCUT2D eigenvalue weighted by Gasteiger charge is 2.19. The third kappa shape index (κ3) is 51.8. The van der Waals surface area contributed by atoms with Gasteiger partial charge in [-0.15, -0.1) is 0 Å². The van der Waals surface area contributed by atoms with E-state index in [1.165, 1.54) is 122 Å². The van der Waals surface area contributed by atoms with E-state index in [1.54, 1.807) is 0 Å². The van der Waals surface area contributed by atoms with Gasteiger partial charge in [0, 0.05) is 19.3 Å². The molecule has 0 bridgehead atoms. The molecule has 0 fully saturated rings. The third-order valence-electron chi connectivity index (χ3n) is 11.9. The number of allylic oxidation sites excluding steroid dienone is 12. The maximum atomic E-state index is 12.8. The number of carbonyl (C=O) groups is 3. The lowest BCUT2D eigenvalue weighted by atomic mass is 10.1. The largest absolute Gasteiger partial charge is 0.462 e. The van der Waals surface area contributed by atoms with Crippen LogP contribution < -0.4 is 0 Å². The molecule has 0 amide bonds. The summed E-state index contributed by atoms with van der Waals surface area (Å²) < 4.78 is 16.8. The lowest BCUT2D eigenvalue weighted by molar-refractivity contribution is -0.167. The van der Waals surface area contributed by atoms with Crippen molar-refractivity contribution >= 4 is 17.9 Å². The van der Waals surface area contributed by atoms with Gasteiger partial charge >= 0.3 is 17.9 Å². The van der Waals surface area contributed by atoms with Crippen molar-refractivity contribution in [2.24, 2.45) is 0 Å². The smallest absolute Gasteiger partial charge is 0.306 e. The van der Waals surface area contributed by atoms with Gasteiger partial charge in [-0.2, -0.15) is 0 Å². The van der Waals surface area contributed by atoms with Gasteiger partial charge in [-0.1, -0.05) is 235 Å². The summed E-state index contributed by atoms with van der Waals surface area (Å²) in [5, 5.41) is 0. The topological polar surface area (TPSA) is 78.9 Å². The van der Waals surface area contributed by atoms with Crippen LogP contribution in [-0.4, -0.2) is 37.2 Å². The van der Waals surface area contributed by atoms with E-state index in [1.807, 2.05) is 0 Å². The predicted molar refractivity (Wildman–Crippen MR) is 284 cm³/mol. The Morgan fingerprint density at radius 2 is 0.591 bits per heavy atom. The van der Waals surface area contributed by atoms with E-state index in [0.29, 0.717) is 19.3 Å². The molecule has 6 heteroatoms. The molecule has 0 aliphatic rings. The van der Waals surface area contributed by atoms with Gasteiger partial charge in [0.15, 0.2) is 6.10 Å². The van der Waals surface area contributed by atoms with Crippen molar-refractivity contribution in [2.75, 3.05) is 13.2 Å². The lowest BCUT2D eigenvalue weighted by Gasteiger charge is -2.18. The summed E-state index contributed by atoms with van der Waals surface area (Å²) in [4.78, 5) is 38.0. The molecule has 0 N–H and O–H groups in total. The molecule has 380 valence electrons. The van der Waals surface area contributed by atoms with E-state index in [0.717, 1.165) is 109 Å². The predicted octanol–water partition coefficient (Wildman–Crippen LogP) is 18.6. The number of hydrogen-bond donors (Lipinski definition) is 0. The Balaban J connectivity index is 4.32. The first kappa shape index (κ1) is 62.8. The minimum absolute atomic E-state index is 0.0803. The normalized spacial score (nSPS) is 12.6. The Bertz CT molecular complexity index is 1240. The van der Waals surface area contributed by atoms with Crippen LogP contribution in [-0.2, 0) is 28.6 Å². The van der Waals surface area contributed by atoms with Gasteiger partial charge in [-0.25, -0.2) is 0 Å². The lowest BCUT2D eigenvalue weighted by Crippen LogP contribution is -2.30. The third-order valence-corrected chi connectivity index (χ3v) is 11.9. The van der Waals surface area contributed by atoms with Gasteiger partial charge in [0.05, 0.1) is 0 Å². The molecule has 0 rings (SSSR count). The Morgan fingerprint density at radius 3 is 0.939 bits per heavy atom. The Hall–Kier alpha value is -3.15. The summed E-state index contributed by atoms with van der Waals surface area (Å²) in [6, 6.07) is 0. The Kier molecular flexibility index (Phi) is 51.9. The van der Waals surface area contributed by atoms with Gasteiger partial charge in [-0.3, -0.25) is 14.4 Å². The second kappa shape index (κ2) is 54.5. The molecule has 0 aliphatic heterocycles. The molecule has 0 aromatic carbocycles. The zero-order valence-electron chi connectivity index (χ0n) is 43.4. The summed E-state index contributed by atoms with van der Waals surface area (Å²) in [5.74, 6) is -0.896. The minimum atomic E-state index is -0.782. The van der Waals surface area contributed by atoms with Crippen molar-refractivity contribution < 1.29 is 28.6 Å². The molecule has 0 aromatic heterocycles. The molecule has 0 radical (unpaired) electrons. The number of ether oxygens (including phenoxy) is 3. The number of hydrogen-bond acceptors (Lipinski definition) is 6. The molecular formula is C60H104O6. The monoisotopic (exact) mass is 921 g/mol. The van der Waals surface area contributed by atoms with Gasteiger partial charge in [0.1, 0.15) is 13.2 Å². The quantitative estimate of drug-likeness (QED) is 0.0262. The van der Waals surface area contributed by atoms with E-state index >= 15 is 0 Å². The summed E-state index contributed by atoms with van der Waals surface area (Å²) in [7, 11) is 0. The van der Waals surface area contributed by atoms with Crippen molar-refractivity contribution in [1.29, 1.82) is 0 Å². The second-order valence-electron chi connectivity index (χ2n) is 18.5. The second-order valence-corrected chi connectivity index (χ2v) is 18.5. The molecular weight excluding hydrogens is 817 g/mol. The SMILES string of the molecule is CC/C=C\C/C=C\C/C=C\C/C=C\C/C=C\CCCCCCCCCC(=O)OCC(COC(=O)CCCCCCCCCCCC)OC(=O)CCCCCCC/C=C\CCCCCCCC. The van der Waals surface area contributed by atoms with Crippen LogP contribution >= 0.6 is 0 Å². The van der Waals surface area contributed by atoms with Gasteiger partial charge < -0.3 is 14.2 Å². The summed E-state index contributed by atoms with van der Waals surface area (Å²) in [5.41, 5.74) is 0. The molecule has 0 saturated heterocycles. The highest BCUT2D eigenvalue weighted by Crippen LogP contribution is 2.15. The Morgan fingerprint density at radius 1 is 0.318 bits per heavy atom. The van der Waals surface area contributed by atoms with Gasteiger partial charge in [0.2, 0.25) is 0 Å². The van der Waals surface area contributed by atoms with Crippen molar-refractivity contribution in [3.8, 4) is 0 Å². The van der Waals surface area contributed by atoms with Crippen molar-refractivity contribution in [3.63, 3.8) is 0 Å². The van der Waals surface area contributed by atoms with E-state index in [9.17, 15) is 14.4 Å². The molecule has 1 unspecified atom stereocenters. The summed E-state index contributed by atoms with van der Waals surface area (Å²) >= 11 is 0. The van der Waals surface area contributed by atoms with Crippen LogP contribution in [0.4, 0.5) is 0 Å². The molecule has 0 saturated carbocycles. The Labute approximate surface area is 408 Å². The first-order valence-electron chi connectivity index (χ1n) is 27.9. The van der Waals surface area contributed by atoms with Crippen molar-refractivity contribution in [1.82, 2.24) is 0 Å². The molecule has 66 heavy (non-hydrogen) atoms. The zero-order chi connectivity index (χ0) is 47.9. The molecule has 1 atom stereocenters. The first-order valence-corrected chi connectivity index (χ1v) is 27.9. The molecule has 6 nitrogen and oxygen atoms in total. The standard InChI is InChI=1S/C60H104O6/c1-4-7-10-13-16-19-22-24-26-27-28-29-30-31-32-33-35-36-38-41-44-47-50-53-59(62)65-56-57(55-64-58(61)52-49-46-43-40-21-18-15-12-9-6-3)66-60(63)54-51-48-45-42-39-37-34-25-23-20-17-14-11-8-5-2/h7,10,16,19,24-26,28-29,31-32,34,57H,4-6,8-9,11-15,17-18,20-23,27,30,33,35-56H2,1-3H3/b10-7-,19-16-,26-24-,29-28-,32-31-,34-25-. The van der Waals surface area contributed by atoms with Crippen LogP contribution in [0.2, 0.25) is 0 Å². The molecule has 0 aromatic rings. The highest BCUT2D eigenvalue weighted by molar-refractivity contribution is 5.71. The molecule has 0 heterocycles. The van der Waals surface area contributed by atoms with Crippen molar-refractivity contribution in [2.45, 2.75) is 277 Å². The van der Waals surface area contributed by atoms with Crippen LogP contribution in [0.1, 0.15) is 271 Å². The number of unbranched alkanes of at least 4 members (excludes halogenated alkanes) is 27. The molecule has 0 aliphatic carbocycles. The first-order chi connectivity index (χ1) is 32.5. The van der Waals surface area contributed by atoms with E-state index < -0.39 is 6.10 Å². The maximum Gasteiger partial charge on any atom is 0.306 e. The minimum Gasteiger partial charge on any atom is -0.462 e. The number of esters is 3. The zero-order valence-corrected chi connectivity index (χ0v) is 43.4. The number of carbonyl (C=O) groups excluding carboxylic acids is 3. The van der Waals surface area contributed by atoms with Crippen LogP contribution in [0.5, 0.6) is 0 Å². The average molecular weight is 921 g/mol. The highest BCUT2D eigenvalue weighted by atomic mass is 16.6. The van der Waals surface area contributed by atoms with E-state index in [4.69, 9.17) is 14.2 Å². The summed E-state index contributed by atoms with van der Waals surface area (Å²) in [6.07, 6.45) is 68.9. The number of rotatable bonds is 50.